The van der Waals surface area contributed by atoms with Crippen LogP contribution in [0.1, 0.15) is 38.2 Å². The molecule has 1 aromatic carbocycles. The molecule has 0 bridgehead atoms. The first-order valence-corrected chi connectivity index (χ1v) is 7.57. The third-order valence-corrected chi connectivity index (χ3v) is 4.56. The van der Waals surface area contributed by atoms with Gasteiger partial charge in [0.2, 0.25) is 6.08 Å². The van der Waals surface area contributed by atoms with Crippen molar-refractivity contribution in [1.82, 2.24) is 0 Å². The molecule has 0 atom stereocenters. The Hall–Kier alpha value is -1.64. The third kappa shape index (κ3) is 2.74. The van der Waals surface area contributed by atoms with E-state index in [0.717, 1.165) is 50.2 Å². The van der Waals surface area contributed by atoms with Gasteiger partial charge in [-0.15, -0.1) is 0 Å². The zero-order valence-electron chi connectivity index (χ0n) is 12.4. The molecule has 0 amide bonds. The molecule has 0 radical (unpaired) electrons. The van der Waals surface area contributed by atoms with Crippen LogP contribution < -0.4 is 4.74 Å². The second-order valence-electron chi connectivity index (χ2n) is 6.53. The van der Waals surface area contributed by atoms with E-state index < -0.39 is 5.54 Å². The molecule has 1 aliphatic carbocycles. The van der Waals surface area contributed by atoms with E-state index in [1.807, 2.05) is 24.3 Å². The maximum absolute atomic E-state index is 10.9. The van der Waals surface area contributed by atoms with Gasteiger partial charge in [-0.2, -0.15) is 4.99 Å². The summed E-state index contributed by atoms with van der Waals surface area (Å²) >= 11 is 0. The van der Waals surface area contributed by atoms with Crippen LogP contribution in [0.2, 0.25) is 0 Å². The molecule has 0 aromatic heterocycles. The number of para-hydroxylation sites is 1. The van der Waals surface area contributed by atoms with Crippen molar-refractivity contribution in [3.63, 3.8) is 0 Å². The molecular weight excluding hydrogens is 266 g/mol. The molecule has 112 valence electrons. The average Bonchev–Trinajstić information content (AvgIpc) is 2.93. The number of carbonyl (C=O) groups excluding carboxylic acids is 1. The molecule has 1 saturated heterocycles. The monoisotopic (exact) mass is 287 g/mol. The number of nitrogens with zero attached hydrogens (tertiary/aromatic N) is 1. The number of benzene rings is 1. The molecule has 21 heavy (non-hydrogen) atoms. The molecule has 4 heteroatoms. The Morgan fingerprint density at radius 2 is 2.00 bits per heavy atom. The van der Waals surface area contributed by atoms with E-state index in [0.29, 0.717) is 6.61 Å². The minimum absolute atomic E-state index is 0.101. The highest BCUT2D eigenvalue weighted by Gasteiger charge is 2.39. The fourth-order valence-electron chi connectivity index (χ4n) is 3.25. The first-order chi connectivity index (χ1) is 10.2. The SMILES string of the molecule is CC1(COc2ccccc2C2(N=C=O)CCCC2)COC1. The van der Waals surface area contributed by atoms with E-state index in [1.54, 1.807) is 6.08 Å². The van der Waals surface area contributed by atoms with Crippen LogP contribution in [0.25, 0.3) is 0 Å². The second-order valence-corrected chi connectivity index (χ2v) is 6.53. The van der Waals surface area contributed by atoms with Crippen LogP contribution in [0.15, 0.2) is 29.3 Å². The van der Waals surface area contributed by atoms with Crippen LogP contribution in [-0.4, -0.2) is 25.9 Å². The summed E-state index contributed by atoms with van der Waals surface area (Å²) in [6.45, 7) is 4.28. The summed E-state index contributed by atoms with van der Waals surface area (Å²) in [4.78, 5) is 15.0. The zero-order valence-corrected chi connectivity index (χ0v) is 12.4. The van der Waals surface area contributed by atoms with Gasteiger partial charge >= 0.3 is 0 Å². The van der Waals surface area contributed by atoms with Gasteiger partial charge in [0.15, 0.2) is 0 Å². The van der Waals surface area contributed by atoms with Crippen molar-refractivity contribution in [3.8, 4) is 5.75 Å². The summed E-state index contributed by atoms with van der Waals surface area (Å²) in [6.07, 6.45) is 5.73. The number of aliphatic imine (C=N–C) groups is 1. The first kappa shape index (κ1) is 14.3. The van der Waals surface area contributed by atoms with Crippen molar-refractivity contribution in [2.24, 2.45) is 10.4 Å². The molecule has 4 nitrogen and oxygen atoms in total. The lowest BCUT2D eigenvalue weighted by Crippen LogP contribution is -2.44. The van der Waals surface area contributed by atoms with E-state index >= 15 is 0 Å². The summed E-state index contributed by atoms with van der Waals surface area (Å²) in [6, 6.07) is 7.95. The molecule has 1 saturated carbocycles. The van der Waals surface area contributed by atoms with Gasteiger partial charge in [-0.25, -0.2) is 4.79 Å². The maximum atomic E-state index is 10.9. The molecular formula is C17H21NO3. The van der Waals surface area contributed by atoms with Crippen LogP contribution in [0.4, 0.5) is 0 Å². The van der Waals surface area contributed by atoms with Crippen molar-refractivity contribution in [2.75, 3.05) is 19.8 Å². The molecule has 0 unspecified atom stereocenters. The number of hydrogen-bond acceptors (Lipinski definition) is 4. The topological polar surface area (TPSA) is 47.9 Å². The zero-order chi connectivity index (χ0) is 14.8. The standard InChI is InChI=1S/C17H21NO3/c1-16(10-20-11-16)12-21-15-7-3-2-6-14(15)17(18-13-19)8-4-5-9-17/h2-3,6-7H,4-5,8-12H2,1H3. The Labute approximate surface area is 125 Å². The van der Waals surface area contributed by atoms with Crippen LogP contribution in [0.3, 0.4) is 0 Å². The lowest BCUT2D eigenvalue weighted by atomic mass is 9.87. The Kier molecular flexibility index (Phi) is 3.83. The predicted octanol–water partition coefficient (Wildman–Crippen LogP) is 3.21. The van der Waals surface area contributed by atoms with Crippen molar-refractivity contribution in [3.05, 3.63) is 29.8 Å². The van der Waals surface area contributed by atoms with Gasteiger partial charge in [0.25, 0.3) is 0 Å². The van der Waals surface area contributed by atoms with Gasteiger partial charge in [-0.3, -0.25) is 0 Å². The van der Waals surface area contributed by atoms with Gasteiger partial charge in [0, 0.05) is 11.0 Å². The molecule has 1 aromatic rings. The number of rotatable bonds is 5. The maximum Gasteiger partial charge on any atom is 0.235 e. The van der Waals surface area contributed by atoms with Crippen LogP contribution in [0.5, 0.6) is 5.75 Å². The van der Waals surface area contributed by atoms with Gasteiger partial charge < -0.3 is 9.47 Å². The third-order valence-electron chi connectivity index (χ3n) is 4.56. The number of hydrogen-bond donors (Lipinski definition) is 0. The quantitative estimate of drug-likeness (QED) is 0.617. The second kappa shape index (κ2) is 5.63. The summed E-state index contributed by atoms with van der Waals surface area (Å²) in [5.41, 5.74) is 0.689. The summed E-state index contributed by atoms with van der Waals surface area (Å²) < 4.78 is 11.3. The first-order valence-electron chi connectivity index (χ1n) is 7.57. The number of ether oxygens (including phenoxy) is 2. The van der Waals surface area contributed by atoms with Gasteiger partial charge in [0.1, 0.15) is 11.3 Å². The minimum Gasteiger partial charge on any atom is -0.492 e. The van der Waals surface area contributed by atoms with E-state index in [2.05, 4.69) is 11.9 Å². The van der Waals surface area contributed by atoms with Crippen molar-refractivity contribution in [1.29, 1.82) is 0 Å². The Morgan fingerprint density at radius 1 is 1.29 bits per heavy atom. The van der Waals surface area contributed by atoms with Gasteiger partial charge in [-0.1, -0.05) is 38.0 Å². The average molecular weight is 287 g/mol. The summed E-state index contributed by atoms with van der Waals surface area (Å²) in [7, 11) is 0. The highest BCUT2D eigenvalue weighted by molar-refractivity contribution is 5.44. The van der Waals surface area contributed by atoms with Crippen LogP contribution in [-0.2, 0) is 15.1 Å². The highest BCUT2D eigenvalue weighted by atomic mass is 16.5. The molecule has 0 N–H and O–H groups in total. The smallest absolute Gasteiger partial charge is 0.235 e. The van der Waals surface area contributed by atoms with Crippen LogP contribution in [0, 0.1) is 5.41 Å². The molecule has 2 fully saturated rings. The fraction of sp³-hybridized carbons (Fsp3) is 0.588. The van der Waals surface area contributed by atoms with E-state index in [1.165, 1.54) is 0 Å². The van der Waals surface area contributed by atoms with Crippen molar-refractivity contribution in [2.45, 2.75) is 38.1 Å². The lowest BCUT2D eigenvalue weighted by molar-refractivity contribution is -0.120. The fourth-order valence-corrected chi connectivity index (χ4v) is 3.25. The number of isocyanates is 1. The molecule has 1 aliphatic heterocycles. The van der Waals surface area contributed by atoms with E-state index in [4.69, 9.17) is 9.47 Å². The van der Waals surface area contributed by atoms with Gasteiger partial charge in [-0.05, 0) is 18.9 Å². The largest absolute Gasteiger partial charge is 0.492 e. The molecule has 0 spiro atoms. The molecule has 2 aliphatic rings. The summed E-state index contributed by atoms with van der Waals surface area (Å²) in [5.74, 6) is 0.839. The lowest BCUT2D eigenvalue weighted by Gasteiger charge is -2.38. The summed E-state index contributed by atoms with van der Waals surface area (Å²) in [5, 5.41) is 0. The molecule has 3 rings (SSSR count). The Morgan fingerprint density at radius 3 is 2.62 bits per heavy atom. The van der Waals surface area contributed by atoms with E-state index in [9.17, 15) is 4.79 Å². The van der Waals surface area contributed by atoms with Crippen molar-refractivity contribution < 1.29 is 14.3 Å². The molecule has 1 heterocycles. The van der Waals surface area contributed by atoms with Crippen LogP contribution >= 0.6 is 0 Å². The van der Waals surface area contributed by atoms with Crippen molar-refractivity contribution >= 4 is 6.08 Å². The predicted molar refractivity (Wildman–Crippen MR) is 79.1 cm³/mol. The van der Waals surface area contributed by atoms with E-state index in [-0.39, 0.29) is 5.41 Å². The van der Waals surface area contributed by atoms with Gasteiger partial charge in [0.05, 0.1) is 19.8 Å². The minimum atomic E-state index is -0.435. The highest BCUT2D eigenvalue weighted by Crippen LogP contribution is 2.45. The normalized spacial score (nSPS) is 22.1. The Bertz CT molecular complexity index is 553. The Balaban J connectivity index is 1.86.